The lowest BCUT2D eigenvalue weighted by atomic mass is 10.3. The lowest BCUT2D eigenvalue weighted by Crippen LogP contribution is -2.62. The highest BCUT2D eigenvalue weighted by molar-refractivity contribution is 4.73. The summed E-state index contributed by atoms with van der Waals surface area (Å²) in [5.41, 5.74) is 0. The van der Waals surface area contributed by atoms with Crippen molar-refractivity contribution < 1.29 is 5.11 Å². The van der Waals surface area contributed by atoms with Crippen LogP contribution in [0.5, 0.6) is 0 Å². The quantitative estimate of drug-likeness (QED) is 0.393. The van der Waals surface area contributed by atoms with Crippen molar-refractivity contribution in [3.05, 3.63) is 0 Å². The molecule has 0 radical (unpaired) electrons. The van der Waals surface area contributed by atoms with E-state index in [1.54, 1.807) is 0 Å². The Morgan fingerprint density at radius 2 is 1.50 bits per heavy atom. The van der Waals surface area contributed by atoms with E-state index in [0.717, 1.165) is 19.6 Å². The summed E-state index contributed by atoms with van der Waals surface area (Å²) < 4.78 is 0. The molecular formula is C8H21N3O. The molecule has 0 unspecified atom stereocenters. The molecule has 0 rings (SSSR count). The van der Waals surface area contributed by atoms with Gasteiger partial charge in [-0.3, -0.25) is 10.6 Å². The molecule has 0 aromatic carbocycles. The third-order valence-corrected chi connectivity index (χ3v) is 1.57. The van der Waals surface area contributed by atoms with E-state index in [2.05, 4.69) is 16.0 Å². The van der Waals surface area contributed by atoms with Crippen molar-refractivity contribution in [1.82, 2.24) is 16.0 Å². The summed E-state index contributed by atoms with van der Waals surface area (Å²) in [6, 6.07) is 0. The zero-order valence-electron chi connectivity index (χ0n) is 8.28. The van der Waals surface area contributed by atoms with Crippen LogP contribution in [0.4, 0.5) is 0 Å². The molecule has 4 heteroatoms. The van der Waals surface area contributed by atoms with Crippen LogP contribution in [0.1, 0.15) is 20.8 Å². The van der Waals surface area contributed by atoms with Gasteiger partial charge in [0.15, 0.2) is 5.85 Å². The summed E-state index contributed by atoms with van der Waals surface area (Å²) in [5, 5.41) is 18.9. The van der Waals surface area contributed by atoms with Crippen LogP contribution in [-0.4, -0.2) is 37.1 Å². The van der Waals surface area contributed by atoms with Crippen molar-refractivity contribution in [2.75, 3.05) is 26.2 Å². The summed E-state index contributed by atoms with van der Waals surface area (Å²) in [7, 11) is 0. The van der Waals surface area contributed by atoms with E-state index >= 15 is 0 Å². The zero-order chi connectivity index (χ0) is 9.45. The van der Waals surface area contributed by atoms with Crippen molar-refractivity contribution >= 4 is 0 Å². The second kappa shape index (κ2) is 6.37. The van der Waals surface area contributed by atoms with E-state index in [-0.39, 0.29) is 0 Å². The first-order valence-electron chi connectivity index (χ1n) is 4.61. The van der Waals surface area contributed by atoms with Crippen LogP contribution < -0.4 is 16.0 Å². The van der Waals surface area contributed by atoms with Crippen LogP contribution in [0, 0.1) is 0 Å². The van der Waals surface area contributed by atoms with Crippen LogP contribution in [-0.2, 0) is 0 Å². The molecule has 12 heavy (non-hydrogen) atoms. The van der Waals surface area contributed by atoms with Gasteiger partial charge in [0.05, 0.1) is 6.54 Å². The molecule has 0 saturated carbocycles. The van der Waals surface area contributed by atoms with Crippen LogP contribution >= 0.6 is 0 Å². The number of nitrogens with one attached hydrogen (secondary N) is 3. The fourth-order valence-corrected chi connectivity index (χ4v) is 1.08. The molecule has 0 fully saturated rings. The lowest BCUT2D eigenvalue weighted by molar-refractivity contribution is -0.0231. The average Bonchev–Trinajstić information content (AvgIpc) is 2.02. The van der Waals surface area contributed by atoms with Crippen molar-refractivity contribution in [3.8, 4) is 0 Å². The van der Waals surface area contributed by atoms with Crippen LogP contribution in [0.2, 0.25) is 0 Å². The number of rotatable bonds is 7. The summed E-state index contributed by atoms with van der Waals surface area (Å²) in [6.45, 7) is 8.81. The van der Waals surface area contributed by atoms with E-state index in [0.29, 0.717) is 6.54 Å². The second-order valence-electron chi connectivity index (χ2n) is 2.70. The number of likely N-dealkylation sites (N-methyl/N-ethyl adjacent to an activating group) is 3. The van der Waals surface area contributed by atoms with Gasteiger partial charge in [0.25, 0.3) is 0 Å². The number of hydrogen-bond donors (Lipinski definition) is 4. The van der Waals surface area contributed by atoms with Gasteiger partial charge in [0.2, 0.25) is 0 Å². The molecule has 0 saturated heterocycles. The Labute approximate surface area is 74.7 Å². The molecule has 0 aliphatic rings. The maximum atomic E-state index is 9.86. The monoisotopic (exact) mass is 175 g/mol. The van der Waals surface area contributed by atoms with Gasteiger partial charge < -0.3 is 10.4 Å². The Morgan fingerprint density at radius 1 is 1.00 bits per heavy atom. The predicted octanol–water partition coefficient (Wildman–Crippen LogP) is -0.539. The molecular weight excluding hydrogens is 154 g/mol. The first-order valence-corrected chi connectivity index (χ1v) is 4.61. The van der Waals surface area contributed by atoms with Crippen LogP contribution in [0.15, 0.2) is 0 Å². The Balaban J connectivity index is 3.80. The molecule has 0 bridgehead atoms. The van der Waals surface area contributed by atoms with Gasteiger partial charge >= 0.3 is 0 Å². The standard InChI is InChI=1S/C8H21N3O/c1-4-9-7-8(12,10-5-2)11-6-3/h9-12H,4-7H2,1-3H3. The molecule has 0 aliphatic carbocycles. The average molecular weight is 175 g/mol. The SMILES string of the molecule is CCNCC(O)(NCC)NCC. The van der Waals surface area contributed by atoms with E-state index in [4.69, 9.17) is 0 Å². The molecule has 0 amide bonds. The number of aliphatic hydroxyl groups is 1. The molecule has 4 N–H and O–H groups in total. The highest BCUT2D eigenvalue weighted by atomic mass is 16.3. The van der Waals surface area contributed by atoms with Crippen molar-refractivity contribution in [2.45, 2.75) is 26.6 Å². The van der Waals surface area contributed by atoms with Gasteiger partial charge in [-0.2, -0.15) is 0 Å². The summed E-state index contributed by atoms with van der Waals surface area (Å²) in [4.78, 5) is 0. The van der Waals surface area contributed by atoms with Crippen molar-refractivity contribution in [3.63, 3.8) is 0 Å². The fraction of sp³-hybridized carbons (Fsp3) is 1.00. The molecule has 0 atom stereocenters. The Hall–Kier alpha value is -0.160. The molecule has 0 aromatic heterocycles. The Bertz CT molecular complexity index is 102. The van der Waals surface area contributed by atoms with E-state index in [1.807, 2.05) is 20.8 Å². The summed E-state index contributed by atoms with van der Waals surface area (Å²) >= 11 is 0. The third kappa shape index (κ3) is 4.66. The smallest absolute Gasteiger partial charge is 0.184 e. The lowest BCUT2D eigenvalue weighted by Gasteiger charge is -2.29. The molecule has 0 heterocycles. The topological polar surface area (TPSA) is 56.3 Å². The molecule has 4 nitrogen and oxygen atoms in total. The summed E-state index contributed by atoms with van der Waals surface area (Å²) in [6.07, 6.45) is 0. The molecule has 0 aromatic rings. The second-order valence-corrected chi connectivity index (χ2v) is 2.70. The number of hydrogen-bond acceptors (Lipinski definition) is 4. The Kier molecular flexibility index (Phi) is 6.28. The summed E-state index contributed by atoms with van der Waals surface area (Å²) in [5.74, 6) is -0.959. The molecule has 74 valence electrons. The zero-order valence-corrected chi connectivity index (χ0v) is 8.28. The van der Waals surface area contributed by atoms with Gasteiger partial charge in [0, 0.05) is 0 Å². The van der Waals surface area contributed by atoms with E-state index in [1.165, 1.54) is 0 Å². The van der Waals surface area contributed by atoms with Crippen molar-refractivity contribution in [1.29, 1.82) is 0 Å². The third-order valence-electron chi connectivity index (χ3n) is 1.57. The van der Waals surface area contributed by atoms with Gasteiger partial charge in [0.1, 0.15) is 0 Å². The van der Waals surface area contributed by atoms with E-state index in [9.17, 15) is 5.11 Å². The minimum atomic E-state index is -0.959. The largest absolute Gasteiger partial charge is 0.362 e. The predicted molar refractivity (Wildman–Crippen MR) is 50.8 cm³/mol. The highest BCUT2D eigenvalue weighted by Gasteiger charge is 2.22. The minimum Gasteiger partial charge on any atom is -0.362 e. The Morgan fingerprint density at radius 3 is 1.83 bits per heavy atom. The van der Waals surface area contributed by atoms with Crippen molar-refractivity contribution in [2.24, 2.45) is 0 Å². The highest BCUT2D eigenvalue weighted by Crippen LogP contribution is 1.91. The normalized spacial score (nSPS) is 12.0. The van der Waals surface area contributed by atoms with E-state index < -0.39 is 5.85 Å². The fourth-order valence-electron chi connectivity index (χ4n) is 1.08. The van der Waals surface area contributed by atoms with Gasteiger partial charge in [-0.15, -0.1) is 0 Å². The first-order chi connectivity index (χ1) is 5.68. The van der Waals surface area contributed by atoms with Gasteiger partial charge in [-0.05, 0) is 19.6 Å². The maximum Gasteiger partial charge on any atom is 0.184 e. The molecule has 0 spiro atoms. The molecule has 0 aliphatic heterocycles. The first kappa shape index (κ1) is 11.8. The maximum absolute atomic E-state index is 9.86. The van der Waals surface area contributed by atoms with Gasteiger partial charge in [-0.1, -0.05) is 20.8 Å². The van der Waals surface area contributed by atoms with Gasteiger partial charge in [-0.25, -0.2) is 0 Å². The van der Waals surface area contributed by atoms with Crippen LogP contribution in [0.3, 0.4) is 0 Å². The minimum absolute atomic E-state index is 0.519. The van der Waals surface area contributed by atoms with Crippen LogP contribution in [0.25, 0.3) is 0 Å².